The molecule has 2 aromatic carbocycles. The third-order valence-electron chi connectivity index (χ3n) is 5.75. The molecule has 174 valence electrons. The van der Waals surface area contributed by atoms with Crippen LogP contribution in [-0.4, -0.2) is 23.9 Å². The van der Waals surface area contributed by atoms with Gasteiger partial charge < -0.3 is 9.88 Å². The molecule has 9 heteroatoms. The van der Waals surface area contributed by atoms with Crippen molar-refractivity contribution < 1.29 is 13.2 Å². The van der Waals surface area contributed by atoms with Gasteiger partial charge in [-0.05, 0) is 54.6 Å². The van der Waals surface area contributed by atoms with Crippen LogP contribution >= 0.6 is 11.3 Å². The first-order valence-corrected chi connectivity index (χ1v) is 13.4. The first-order valence-electron chi connectivity index (χ1n) is 11.1. The van der Waals surface area contributed by atoms with Gasteiger partial charge in [0.05, 0.1) is 10.6 Å². The van der Waals surface area contributed by atoms with Gasteiger partial charge in [-0.3, -0.25) is 4.79 Å². The van der Waals surface area contributed by atoms with Gasteiger partial charge in [0.15, 0.2) is 0 Å². The number of sulfonamides is 1. The van der Waals surface area contributed by atoms with Crippen molar-refractivity contribution in [3.05, 3.63) is 88.5 Å². The molecule has 5 rings (SSSR count). The minimum Gasteiger partial charge on any atom is -0.334 e. The number of thiophene rings is 1. The summed E-state index contributed by atoms with van der Waals surface area (Å²) in [4.78, 5) is 18.6. The molecule has 1 amide bonds. The quantitative estimate of drug-likeness (QED) is 0.392. The largest absolute Gasteiger partial charge is 0.334 e. The number of aromatic nitrogens is 2. The summed E-state index contributed by atoms with van der Waals surface area (Å²) in [6.45, 7) is 1.20. The Hall–Kier alpha value is -3.27. The lowest BCUT2D eigenvalue weighted by molar-refractivity contribution is 0.102. The number of nitrogens with zero attached hydrogens (tertiary/aromatic N) is 2. The summed E-state index contributed by atoms with van der Waals surface area (Å²) in [7, 11) is -3.74. The number of nitrogens with one attached hydrogen (secondary N) is 2. The van der Waals surface area contributed by atoms with Crippen LogP contribution < -0.4 is 10.0 Å². The highest BCUT2D eigenvalue weighted by Crippen LogP contribution is 2.25. The molecule has 0 fully saturated rings. The molecule has 0 unspecified atom stereocenters. The fraction of sp³-hybridized carbons (Fsp3) is 0.200. The molecule has 0 spiro atoms. The number of imidazole rings is 1. The Morgan fingerprint density at radius 1 is 1.06 bits per heavy atom. The standard InChI is InChI=1S/C25H24N4O3S2/c30-25(19-7-4-10-22(15-19)34(31,32)26-16-21-9-5-13-33-21)27-20-8-3-6-18(14-20)23-17-29-12-2-1-11-24(29)28-23/h3-10,13-15,17,26H,1-2,11-12,16H2,(H,27,30). The summed E-state index contributed by atoms with van der Waals surface area (Å²) in [6.07, 6.45) is 5.37. The predicted octanol–water partition coefficient (Wildman–Crippen LogP) is 4.68. The van der Waals surface area contributed by atoms with Gasteiger partial charge in [-0.25, -0.2) is 18.1 Å². The van der Waals surface area contributed by atoms with Crippen LogP contribution in [0.25, 0.3) is 11.3 Å². The van der Waals surface area contributed by atoms with E-state index in [1.165, 1.54) is 23.5 Å². The highest BCUT2D eigenvalue weighted by molar-refractivity contribution is 7.89. The highest BCUT2D eigenvalue weighted by atomic mass is 32.2. The molecule has 1 aliphatic rings. The lowest BCUT2D eigenvalue weighted by Crippen LogP contribution is -2.23. The maximum Gasteiger partial charge on any atom is 0.255 e. The second-order valence-electron chi connectivity index (χ2n) is 8.16. The Morgan fingerprint density at radius 2 is 1.94 bits per heavy atom. The van der Waals surface area contributed by atoms with Crippen LogP contribution in [0.4, 0.5) is 5.69 Å². The molecule has 1 aliphatic heterocycles. The van der Waals surface area contributed by atoms with Crippen LogP contribution in [0.1, 0.15) is 33.9 Å². The number of hydrogen-bond acceptors (Lipinski definition) is 5. The summed E-state index contributed by atoms with van der Waals surface area (Å²) >= 11 is 1.48. The fourth-order valence-corrected chi connectivity index (χ4v) is 5.77. The third kappa shape index (κ3) is 4.96. The number of hydrogen-bond donors (Lipinski definition) is 2. The van der Waals surface area contributed by atoms with Gasteiger partial charge in [0, 0.05) is 47.4 Å². The minimum atomic E-state index is -3.74. The SMILES string of the molecule is O=C(Nc1cccc(-c2cn3c(n2)CCCC3)c1)c1cccc(S(=O)(=O)NCc2cccs2)c1. The van der Waals surface area contributed by atoms with Gasteiger partial charge >= 0.3 is 0 Å². The van der Waals surface area contributed by atoms with Crippen molar-refractivity contribution in [3.8, 4) is 11.3 Å². The van der Waals surface area contributed by atoms with E-state index in [0.29, 0.717) is 5.69 Å². The van der Waals surface area contributed by atoms with E-state index in [1.807, 2.05) is 35.7 Å². The van der Waals surface area contributed by atoms with Gasteiger partial charge in [0.25, 0.3) is 5.91 Å². The van der Waals surface area contributed by atoms with Gasteiger partial charge in [-0.15, -0.1) is 11.3 Å². The minimum absolute atomic E-state index is 0.0500. The van der Waals surface area contributed by atoms with Crippen molar-refractivity contribution >= 4 is 33.0 Å². The maximum atomic E-state index is 12.9. The summed E-state index contributed by atoms with van der Waals surface area (Å²) < 4.78 is 30.2. The van der Waals surface area contributed by atoms with E-state index >= 15 is 0 Å². The number of benzene rings is 2. The monoisotopic (exact) mass is 492 g/mol. The molecular formula is C25H24N4O3S2. The van der Waals surface area contributed by atoms with Gasteiger partial charge in [0.2, 0.25) is 10.0 Å². The van der Waals surface area contributed by atoms with Crippen LogP contribution in [0.5, 0.6) is 0 Å². The molecule has 7 nitrogen and oxygen atoms in total. The maximum absolute atomic E-state index is 12.9. The van der Waals surface area contributed by atoms with Gasteiger partial charge in [0.1, 0.15) is 5.82 Å². The van der Waals surface area contributed by atoms with Crippen LogP contribution in [0, 0.1) is 0 Å². The van der Waals surface area contributed by atoms with Gasteiger partial charge in [-0.2, -0.15) is 0 Å². The van der Waals surface area contributed by atoms with E-state index in [1.54, 1.807) is 18.2 Å². The van der Waals surface area contributed by atoms with Crippen LogP contribution in [-0.2, 0) is 29.5 Å². The third-order valence-corrected chi connectivity index (χ3v) is 8.02. The molecule has 34 heavy (non-hydrogen) atoms. The van der Waals surface area contributed by atoms with Crippen molar-refractivity contribution in [2.24, 2.45) is 0 Å². The molecule has 2 N–H and O–H groups in total. The predicted molar refractivity (Wildman–Crippen MR) is 133 cm³/mol. The molecule has 0 bridgehead atoms. The Kier molecular flexibility index (Phi) is 6.32. The molecule has 0 aliphatic carbocycles. The topological polar surface area (TPSA) is 93.1 Å². The molecular weight excluding hydrogens is 468 g/mol. The van der Waals surface area contributed by atoms with Crippen molar-refractivity contribution in [2.45, 2.75) is 37.2 Å². The Balaban J connectivity index is 1.31. The first kappa shape index (κ1) is 22.5. The molecule has 3 heterocycles. The average molecular weight is 493 g/mol. The average Bonchev–Trinajstić information content (AvgIpc) is 3.53. The Labute approximate surface area is 202 Å². The van der Waals surface area contributed by atoms with E-state index in [0.717, 1.165) is 47.8 Å². The fourth-order valence-electron chi connectivity index (χ4n) is 3.98. The zero-order chi connectivity index (χ0) is 23.5. The molecule has 0 saturated heterocycles. The molecule has 4 aromatic rings. The number of amides is 1. The number of aryl methyl sites for hydroxylation is 2. The van der Waals surface area contributed by atoms with Gasteiger partial charge in [-0.1, -0.05) is 24.3 Å². The van der Waals surface area contributed by atoms with Crippen LogP contribution in [0.2, 0.25) is 0 Å². The number of anilines is 1. The summed E-state index contributed by atoms with van der Waals surface area (Å²) in [5.41, 5.74) is 2.70. The zero-order valence-electron chi connectivity index (χ0n) is 18.4. The smallest absolute Gasteiger partial charge is 0.255 e. The Bertz CT molecular complexity index is 1400. The lowest BCUT2D eigenvalue weighted by atomic mass is 10.1. The zero-order valence-corrected chi connectivity index (χ0v) is 20.0. The molecule has 2 aromatic heterocycles. The normalized spacial score (nSPS) is 13.4. The number of carbonyl (C=O) groups excluding carboxylic acids is 1. The molecule has 0 saturated carbocycles. The van der Waals surface area contributed by atoms with E-state index in [4.69, 9.17) is 4.98 Å². The summed E-state index contributed by atoms with van der Waals surface area (Å²) in [6, 6.07) is 17.3. The number of carbonyl (C=O) groups is 1. The highest BCUT2D eigenvalue weighted by Gasteiger charge is 2.17. The van der Waals surface area contributed by atoms with Crippen LogP contribution in [0.3, 0.4) is 0 Å². The summed E-state index contributed by atoms with van der Waals surface area (Å²) in [5, 5.41) is 4.77. The van der Waals surface area contributed by atoms with Crippen molar-refractivity contribution in [3.63, 3.8) is 0 Å². The first-order chi connectivity index (χ1) is 16.5. The van der Waals surface area contributed by atoms with E-state index in [2.05, 4.69) is 20.8 Å². The van der Waals surface area contributed by atoms with E-state index in [-0.39, 0.29) is 22.9 Å². The molecule has 0 atom stereocenters. The van der Waals surface area contributed by atoms with Crippen molar-refractivity contribution in [2.75, 3.05) is 5.32 Å². The lowest BCUT2D eigenvalue weighted by Gasteiger charge is -2.11. The second-order valence-corrected chi connectivity index (χ2v) is 11.0. The van der Waals surface area contributed by atoms with Crippen molar-refractivity contribution in [1.82, 2.24) is 14.3 Å². The summed E-state index contributed by atoms with van der Waals surface area (Å²) in [5.74, 6) is 0.720. The Morgan fingerprint density at radius 3 is 2.76 bits per heavy atom. The van der Waals surface area contributed by atoms with Crippen molar-refractivity contribution in [1.29, 1.82) is 0 Å². The van der Waals surface area contributed by atoms with Crippen LogP contribution in [0.15, 0.2) is 77.1 Å². The second kappa shape index (κ2) is 9.54. The number of fused-ring (bicyclic) bond motifs is 1. The number of rotatable bonds is 7. The molecule has 0 radical (unpaired) electrons. The van der Waals surface area contributed by atoms with E-state index < -0.39 is 10.0 Å². The van der Waals surface area contributed by atoms with E-state index in [9.17, 15) is 13.2 Å².